The fourth-order valence-corrected chi connectivity index (χ4v) is 2.36. The minimum Gasteiger partial charge on any atom is -0.506 e. The average molecular weight is 243 g/mol. The van der Waals surface area contributed by atoms with E-state index in [1.165, 1.54) is 6.20 Å². The van der Waals surface area contributed by atoms with Crippen LogP contribution in [-0.2, 0) is 6.42 Å². The number of benzene rings is 1. The molecule has 0 saturated heterocycles. The zero-order valence-corrected chi connectivity index (χ0v) is 9.76. The van der Waals surface area contributed by atoms with Crippen molar-refractivity contribution in [2.45, 2.75) is 12.8 Å². The SMILES string of the molecule is O=C(c1cn[nH]c1)N1CCCc2cccc(O)c21. The highest BCUT2D eigenvalue weighted by Crippen LogP contribution is 2.35. The van der Waals surface area contributed by atoms with E-state index in [2.05, 4.69) is 10.2 Å². The number of phenolic OH excluding ortho intramolecular Hbond substituents is 1. The first-order valence-corrected chi connectivity index (χ1v) is 5.89. The highest BCUT2D eigenvalue weighted by atomic mass is 16.3. The number of aromatic amines is 1. The lowest BCUT2D eigenvalue weighted by molar-refractivity contribution is 0.0984. The molecule has 0 radical (unpaired) electrons. The molecular formula is C13H13N3O2. The monoisotopic (exact) mass is 243 g/mol. The topological polar surface area (TPSA) is 69.2 Å². The number of phenols is 1. The Balaban J connectivity index is 2.04. The molecule has 2 N–H and O–H groups in total. The van der Waals surface area contributed by atoms with Gasteiger partial charge in [-0.1, -0.05) is 12.1 Å². The maximum absolute atomic E-state index is 12.3. The molecule has 0 saturated carbocycles. The van der Waals surface area contributed by atoms with E-state index < -0.39 is 0 Å². The molecule has 0 spiro atoms. The van der Waals surface area contributed by atoms with Crippen LogP contribution in [0.2, 0.25) is 0 Å². The van der Waals surface area contributed by atoms with E-state index in [4.69, 9.17) is 0 Å². The van der Waals surface area contributed by atoms with Crippen molar-refractivity contribution >= 4 is 11.6 Å². The van der Waals surface area contributed by atoms with Gasteiger partial charge in [0.05, 0.1) is 17.4 Å². The quantitative estimate of drug-likeness (QED) is 0.801. The largest absolute Gasteiger partial charge is 0.506 e. The van der Waals surface area contributed by atoms with Crippen molar-refractivity contribution in [1.82, 2.24) is 10.2 Å². The van der Waals surface area contributed by atoms with Crippen LogP contribution in [0.4, 0.5) is 5.69 Å². The van der Waals surface area contributed by atoms with Crippen molar-refractivity contribution in [2.24, 2.45) is 0 Å². The molecule has 2 aromatic rings. The molecule has 0 aliphatic carbocycles. The zero-order valence-electron chi connectivity index (χ0n) is 9.76. The summed E-state index contributed by atoms with van der Waals surface area (Å²) in [6.07, 6.45) is 4.85. The molecule has 1 amide bonds. The second-order valence-electron chi connectivity index (χ2n) is 4.33. The van der Waals surface area contributed by atoms with Gasteiger partial charge in [-0.05, 0) is 24.5 Å². The van der Waals surface area contributed by atoms with Crippen LogP contribution in [-0.4, -0.2) is 27.8 Å². The first-order valence-electron chi connectivity index (χ1n) is 5.89. The Bertz CT molecular complexity index is 578. The van der Waals surface area contributed by atoms with Crippen molar-refractivity contribution in [1.29, 1.82) is 0 Å². The number of aromatic nitrogens is 2. The molecule has 1 aliphatic heterocycles. The summed E-state index contributed by atoms with van der Waals surface area (Å²) in [4.78, 5) is 14.0. The summed E-state index contributed by atoms with van der Waals surface area (Å²) in [6.45, 7) is 0.620. The fourth-order valence-electron chi connectivity index (χ4n) is 2.36. The van der Waals surface area contributed by atoms with Gasteiger partial charge in [-0.2, -0.15) is 5.10 Å². The second-order valence-corrected chi connectivity index (χ2v) is 4.33. The molecule has 0 unspecified atom stereocenters. The van der Waals surface area contributed by atoms with Crippen LogP contribution in [0.15, 0.2) is 30.6 Å². The minimum absolute atomic E-state index is 0.133. The molecule has 0 bridgehead atoms. The van der Waals surface area contributed by atoms with Crippen molar-refractivity contribution in [2.75, 3.05) is 11.4 Å². The van der Waals surface area contributed by atoms with Crippen molar-refractivity contribution in [3.8, 4) is 5.75 Å². The van der Waals surface area contributed by atoms with E-state index in [1.54, 1.807) is 23.2 Å². The maximum Gasteiger partial charge on any atom is 0.261 e. The number of nitrogens with zero attached hydrogens (tertiary/aromatic N) is 2. The molecule has 1 aliphatic rings. The smallest absolute Gasteiger partial charge is 0.261 e. The van der Waals surface area contributed by atoms with Gasteiger partial charge in [0.2, 0.25) is 0 Å². The Labute approximate surface area is 104 Å². The van der Waals surface area contributed by atoms with Crippen LogP contribution in [0, 0.1) is 0 Å². The number of fused-ring (bicyclic) bond motifs is 1. The minimum atomic E-state index is -0.133. The first kappa shape index (κ1) is 10.8. The Kier molecular flexibility index (Phi) is 2.51. The summed E-state index contributed by atoms with van der Waals surface area (Å²) in [7, 11) is 0. The molecule has 0 atom stereocenters. The lowest BCUT2D eigenvalue weighted by Crippen LogP contribution is -2.35. The van der Waals surface area contributed by atoms with Gasteiger partial charge in [0, 0.05) is 12.7 Å². The van der Waals surface area contributed by atoms with Crippen LogP contribution in [0.5, 0.6) is 5.75 Å². The van der Waals surface area contributed by atoms with Crippen LogP contribution in [0.25, 0.3) is 0 Å². The Hall–Kier alpha value is -2.30. The van der Waals surface area contributed by atoms with Crippen molar-refractivity contribution in [3.63, 3.8) is 0 Å². The second kappa shape index (κ2) is 4.18. The van der Waals surface area contributed by atoms with Crippen LogP contribution in [0.3, 0.4) is 0 Å². The molecule has 92 valence electrons. The molecule has 1 aromatic carbocycles. The van der Waals surface area contributed by atoms with Crippen LogP contribution < -0.4 is 4.90 Å². The van der Waals surface area contributed by atoms with Crippen molar-refractivity contribution < 1.29 is 9.90 Å². The number of amides is 1. The first-order chi connectivity index (χ1) is 8.77. The predicted octanol–water partition coefficient (Wildman–Crippen LogP) is 1.71. The van der Waals surface area contributed by atoms with Crippen LogP contribution >= 0.6 is 0 Å². The summed E-state index contributed by atoms with van der Waals surface area (Å²) in [6, 6.07) is 5.36. The van der Waals surface area contributed by atoms with Crippen molar-refractivity contribution in [3.05, 3.63) is 41.7 Å². The normalized spacial score (nSPS) is 14.3. The highest BCUT2D eigenvalue weighted by Gasteiger charge is 2.26. The number of H-pyrrole nitrogens is 1. The van der Waals surface area contributed by atoms with Crippen LogP contribution in [0.1, 0.15) is 22.3 Å². The van der Waals surface area contributed by atoms with E-state index in [1.807, 2.05) is 6.07 Å². The number of carbonyl (C=O) groups is 1. The maximum atomic E-state index is 12.3. The summed E-state index contributed by atoms with van der Waals surface area (Å²) in [5, 5.41) is 16.4. The molecule has 3 rings (SSSR count). The molecule has 2 heterocycles. The summed E-state index contributed by atoms with van der Waals surface area (Å²) < 4.78 is 0. The zero-order chi connectivity index (χ0) is 12.5. The molecule has 5 nitrogen and oxygen atoms in total. The molecule has 1 aromatic heterocycles. The number of para-hydroxylation sites is 1. The Morgan fingerprint density at radius 1 is 1.44 bits per heavy atom. The third-order valence-electron chi connectivity index (χ3n) is 3.19. The molecule has 5 heteroatoms. The highest BCUT2D eigenvalue weighted by molar-refractivity contribution is 6.07. The number of nitrogens with one attached hydrogen (secondary N) is 1. The number of aryl methyl sites for hydroxylation is 1. The number of carbonyl (C=O) groups excluding carboxylic acids is 1. The lowest BCUT2D eigenvalue weighted by atomic mass is 10.0. The van der Waals surface area contributed by atoms with Gasteiger partial charge >= 0.3 is 0 Å². The Morgan fingerprint density at radius 3 is 3.11 bits per heavy atom. The van der Waals surface area contributed by atoms with Gasteiger partial charge in [-0.25, -0.2) is 0 Å². The summed E-state index contributed by atoms with van der Waals surface area (Å²) >= 11 is 0. The lowest BCUT2D eigenvalue weighted by Gasteiger charge is -2.29. The van der Waals surface area contributed by atoms with Gasteiger partial charge in [0.1, 0.15) is 5.75 Å². The van der Waals surface area contributed by atoms with E-state index in [0.29, 0.717) is 17.8 Å². The summed E-state index contributed by atoms with van der Waals surface area (Å²) in [5.74, 6) is 0.0234. The molecule has 0 fully saturated rings. The predicted molar refractivity (Wildman–Crippen MR) is 66.7 cm³/mol. The average Bonchev–Trinajstić information content (AvgIpc) is 2.91. The number of rotatable bonds is 1. The standard InChI is InChI=1S/C13H13N3O2/c17-11-5-1-3-9-4-2-6-16(12(9)11)13(18)10-7-14-15-8-10/h1,3,5,7-8,17H,2,4,6H2,(H,14,15). The van der Waals surface area contributed by atoms with E-state index in [9.17, 15) is 9.90 Å². The van der Waals surface area contributed by atoms with Gasteiger partial charge in [-0.3, -0.25) is 9.89 Å². The van der Waals surface area contributed by atoms with E-state index >= 15 is 0 Å². The number of anilines is 1. The molecular weight excluding hydrogens is 230 g/mol. The number of aromatic hydroxyl groups is 1. The third kappa shape index (κ3) is 1.64. The van der Waals surface area contributed by atoms with Gasteiger partial charge in [-0.15, -0.1) is 0 Å². The number of hydrogen-bond acceptors (Lipinski definition) is 3. The van der Waals surface area contributed by atoms with E-state index in [-0.39, 0.29) is 11.7 Å². The molecule has 18 heavy (non-hydrogen) atoms. The third-order valence-corrected chi connectivity index (χ3v) is 3.19. The Morgan fingerprint density at radius 2 is 2.33 bits per heavy atom. The fraction of sp³-hybridized carbons (Fsp3) is 0.231. The van der Waals surface area contributed by atoms with E-state index in [0.717, 1.165) is 18.4 Å². The van der Waals surface area contributed by atoms with Gasteiger partial charge < -0.3 is 10.0 Å². The van der Waals surface area contributed by atoms with Gasteiger partial charge in [0.15, 0.2) is 0 Å². The summed E-state index contributed by atoms with van der Waals surface area (Å²) in [5.41, 5.74) is 2.15. The number of hydrogen-bond donors (Lipinski definition) is 2. The van der Waals surface area contributed by atoms with Gasteiger partial charge in [0.25, 0.3) is 5.91 Å².